The van der Waals surface area contributed by atoms with Crippen molar-refractivity contribution in [2.75, 3.05) is 4.72 Å². The van der Waals surface area contributed by atoms with Gasteiger partial charge in [-0.25, -0.2) is 12.8 Å². The third kappa shape index (κ3) is 3.64. The largest absolute Gasteiger partial charge is 0.481 e. The van der Waals surface area contributed by atoms with E-state index in [0.29, 0.717) is 21.9 Å². The fourth-order valence-corrected chi connectivity index (χ4v) is 4.43. The van der Waals surface area contributed by atoms with Gasteiger partial charge >= 0.3 is 5.97 Å². The van der Waals surface area contributed by atoms with Crippen LogP contribution in [0.25, 0.3) is 21.8 Å². The molecule has 0 unspecified atom stereocenters. The Morgan fingerprint density at radius 3 is 2.70 bits per heavy atom. The number of aryl methyl sites for hydroxylation is 1. The molecule has 10 heteroatoms. The first kappa shape index (κ1) is 19.6. The molecule has 4 N–H and O–H groups in total. The molecule has 0 spiro atoms. The van der Waals surface area contributed by atoms with E-state index in [2.05, 4.69) is 14.7 Å². The van der Waals surface area contributed by atoms with E-state index in [1.54, 1.807) is 18.3 Å². The third-order valence-corrected chi connectivity index (χ3v) is 6.07. The molecule has 2 heterocycles. The number of aliphatic carboxylic acids is 1. The highest BCUT2D eigenvalue weighted by molar-refractivity contribution is 7.92. The van der Waals surface area contributed by atoms with Crippen molar-refractivity contribution in [3.8, 4) is 0 Å². The number of benzene rings is 2. The van der Waals surface area contributed by atoms with Crippen molar-refractivity contribution in [3.63, 3.8) is 0 Å². The molecule has 8 nitrogen and oxygen atoms in total. The summed E-state index contributed by atoms with van der Waals surface area (Å²) in [4.78, 5) is 28.6. The van der Waals surface area contributed by atoms with Crippen molar-refractivity contribution in [2.24, 2.45) is 0 Å². The van der Waals surface area contributed by atoms with Gasteiger partial charge in [-0.15, -0.1) is 0 Å². The second-order valence-corrected chi connectivity index (χ2v) is 8.42. The Kier molecular flexibility index (Phi) is 4.78. The molecule has 0 atom stereocenters. The maximum Gasteiger partial charge on any atom is 0.303 e. The van der Waals surface area contributed by atoms with Crippen LogP contribution >= 0.6 is 0 Å². The molecule has 0 aliphatic rings. The van der Waals surface area contributed by atoms with E-state index >= 15 is 0 Å². The maximum atomic E-state index is 13.4. The van der Waals surface area contributed by atoms with Gasteiger partial charge in [0.25, 0.3) is 15.6 Å². The standard InChI is InChI=1S/C20H16FN3O5S/c21-12-2-1-3-14(8-12)30(28,29)24-13-5-6-16-15(9-13)18-11(4-7-17(25)26)10-22-19(18)20(27)23-16/h1-3,5-6,8-10,22,24H,4,7H2,(H,23,27)(H,25,26). The fourth-order valence-electron chi connectivity index (χ4n) is 3.35. The van der Waals surface area contributed by atoms with Gasteiger partial charge in [-0.3, -0.25) is 14.3 Å². The van der Waals surface area contributed by atoms with Crippen LogP contribution in [-0.4, -0.2) is 29.5 Å². The van der Waals surface area contributed by atoms with E-state index < -0.39 is 21.8 Å². The average Bonchev–Trinajstić information content (AvgIpc) is 3.12. The summed E-state index contributed by atoms with van der Waals surface area (Å²) in [6, 6.07) is 9.20. The molecule has 2 aromatic heterocycles. The lowest BCUT2D eigenvalue weighted by molar-refractivity contribution is -0.136. The van der Waals surface area contributed by atoms with Crippen molar-refractivity contribution in [1.82, 2.24) is 9.97 Å². The molecule has 0 saturated carbocycles. The van der Waals surface area contributed by atoms with Crippen LogP contribution in [0.4, 0.5) is 10.1 Å². The zero-order valence-corrected chi connectivity index (χ0v) is 16.2. The van der Waals surface area contributed by atoms with Crippen LogP contribution in [0, 0.1) is 5.82 Å². The normalized spacial score (nSPS) is 11.8. The molecule has 0 amide bonds. The number of fused-ring (bicyclic) bond motifs is 3. The second-order valence-electron chi connectivity index (χ2n) is 6.74. The number of anilines is 1. The Balaban J connectivity index is 1.82. The minimum atomic E-state index is -4.03. The van der Waals surface area contributed by atoms with Gasteiger partial charge in [0.05, 0.1) is 4.90 Å². The topological polar surface area (TPSA) is 132 Å². The number of carboxylic acids is 1. The molecule has 0 bridgehead atoms. The molecule has 2 aromatic carbocycles. The molecule has 0 radical (unpaired) electrons. The number of halogens is 1. The molecule has 4 rings (SSSR count). The highest BCUT2D eigenvalue weighted by atomic mass is 32.2. The number of H-pyrrole nitrogens is 2. The summed E-state index contributed by atoms with van der Waals surface area (Å²) < 4.78 is 41.0. The van der Waals surface area contributed by atoms with Gasteiger partial charge in [-0.1, -0.05) is 6.07 Å². The van der Waals surface area contributed by atoms with Gasteiger partial charge < -0.3 is 15.1 Å². The number of hydrogen-bond donors (Lipinski definition) is 4. The van der Waals surface area contributed by atoms with Crippen molar-refractivity contribution >= 4 is 43.5 Å². The lowest BCUT2D eigenvalue weighted by Gasteiger charge is -2.10. The van der Waals surface area contributed by atoms with Crippen molar-refractivity contribution in [2.45, 2.75) is 17.7 Å². The van der Waals surface area contributed by atoms with Crippen LogP contribution < -0.4 is 10.3 Å². The summed E-state index contributed by atoms with van der Waals surface area (Å²) in [6.07, 6.45) is 1.66. The minimum Gasteiger partial charge on any atom is -0.481 e. The summed E-state index contributed by atoms with van der Waals surface area (Å²) in [7, 11) is -4.03. The first-order valence-electron chi connectivity index (χ1n) is 8.91. The number of hydrogen-bond acceptors (Lipinski definition) is 4. The molecular weight excluding hydrogens is 413 g/mol. The Hall–Kier alpha value is -3.66. The predicted molar refractivity (Wildman–Crippen MR) is 110 cm³/mol. The lowest BCUT2D eigenvalue weighted by atomic mass is 10.0. The summed E-state index contributed by atoms with van der Waals surface area (Å²) in [5, 5.41) is 10.0. The number of carbonyl (C=O) groups is 1. The average molecular weight is 429 g/mol. The zero-order chi connectivity index (χ0) is 21.5. The number of sulfonamides is 1. The lowest BCUT2D eigenvalue weighted by Crippen LogP contribution is -2.13. The molecular formula is C20H16FN3O5S. The van der Waals surface area contributed by atoms with E-state index in [9.17, 15) is 22.4 Å². The van der Waals surface area contributed by atoms with E-state index in [-0.39, 0.29) is 34.5 Å². The molecule has 0 aliphatic heterocycles. The van der Waals surface area contributed by atoms with E-state index in [1.165, 1.54) is 18.2 Å². The highest BCUT2D eigenvalue weighted by Crippen LogP contribution is 2.28. The van der Waals surface area contributed by atoms with Crippen LogP contribution in [0.5, 0.6) is 0 Å². The number of nitrogens with one attached hydrogen (secondary N) is 3. The maximum absolute atomic E-state index is 13.4. The summed E-state index contributed by atoms with van der Waals surface area (Å²) in [6.45, 7) is 0. The minimum absolute atomic E-state index is 0.118. The van der Waals surface area contributed by atoms with Crippen LogP contribution in [0.15, 0.2) is 58.4 Å². The second kappa shape index (κ2) is 7.30. The van der Waals surface area contributed by atoms with Crippen LogP contribution in [0.3, 0.4) is 0 Å². The first-order chi connectivity index (χ1) is 14.2. The Labute approximate surface area is 169 Å². The number of carboxylic acid groups (broad SMARTS) is 1. The smallest absolute Gasteiger partial charge is 0.303 e. The number of pyridine rings is 1. The van der Waals surface area contributed by atoms with E-state index in [0.717, 1.165) is 12.1 Å². The van der Waals surface area contributed by atoms with Crippen molar-refractivity contribution in [1.29, 1.82) is 0 Å². The number of rotatable bonds is 6. The highest BCUT2D eigenvalue weighted by Gasteiger charge is 2.17. The quantitative estimate of drug-likeness (QED) is 0.374. The third-order valence-electron chi connectivity index (χ3n) is 4.69. The van der Waals surface area contributed by atoms with E-state index in [4.69, 9.17) is 5.11 Å². The Morgan fingerprint density at radius 2 is 1.97 bits per heavy atom. The number of aromatic amines is 2. The monoisotopic (exact) mass is 429 g/mol. The Bertz CT molecular complexity index is 1460. The van der Waals surface area contributed by atoms with Crippen molar-refractivity contribution < 1.29 is 22.7 Å². The molecule has 0 saturated heterocycles. The van der Waals surface area contributed by atoms with Gasteiger partial charge in [-0.2, -0.15) is 0 Å². The van der Waals surface area contributed by atoms with E-state index in [1.807, 2.05) is 0 Å². The zero-order valence-electron chi connectivity index (χ0n) is 15.4. The van der Waals surface area contributed by atoms with Crippen molar-refractivity contribution in [3.05, 3.63) is 70.4 Å². The van der Waals surface area contributed by atoms with Crippen LogP contribution in [0.2, 0.25) is 0 Å². The summed E-state index contributed by atoms with van der Waals surface area (Å²) in [5.41, 5.74) is 1.22. The van der Waals surface area contributed by atoms with Crippen LogP contribution in [0.1, 0.15) is 12.0 Å². The van der Waals surface area contributed by atoms with Gasteiger partial charge in [0.15, 0.2) is 0 Å². The Morgan fingerprint density at radius 1 is 1.17 bits per heavy atom. The van der Waals surface area contributed by atoms with Crippen LogP contribution in [-0.2, 0) is 21.2 Å². The summed E-state index contributed by atoms with van der Waals surface area (Å²) >= 11 is 0. The number of aromatic nitrogens is 2. The first-order valence-corrected chi connectivity index (χ1v) is 10.4. The predicted octanol–water partition coefficient (Wildman–Crippen LogP) is 2.97. The van der Waals surface area contributed by atoms with Gasteiger partial charge in [0, 0.05) is 34.6 Å². The SMILES string of the molecule is O=C(O)CCc1c[nH]c2c(=O)[nH]c3ccc(NS(=O)(=O)c4cccc(F)c4)cc3c12. The molecule has 0 aliphatic carbocycles. The van der Waals surface area contributed by atoms with Gasteiger partial charge in [0.2, 0.25) is 0 Å². The van der Waals surface area contributed by atoms with Gasteiger partial charge in [0.1, 0.15) is 11.3 Å². The molecule has 0 fully saturated rings. The molecule has 154 valence electrons. The molecule has 4 aromatic rings. The summed E-state index contributed by atoms with van der Waals surface area (Å²) in [5.74, 6) is -1.65. The molecule has 30 heavy (non-hydrogen) atoms. The fraction of sp³-hybridized carbons (Fsp3) is 0.100. The van der Waals surface area contributed by atoms with Gasteiger partial charge in [-0.05, 0) is 48.4 Å².